The van der Waals surface area contributed by atoms with Gasteiger partial charge in [0.15, 0.2) is 11.2 Å². The number of nitrogens with one attached hydrogen (secondary N) is 1. The first kappa shape index (κ1) is 23.0. The van der Waals surface area contributed by atoms with Gasteiger partial charge in [-0.05, 0) is 17.9 Å². The summed E-state index contributed by atoms with van der Waals surface area (Å²) in [7, 11) is 1.80. The molecule has 0 amide bonds. The minimum atomic E-state index is -0.425. The Balaban J connectivity index is 2.05. The molecule has 168 valence electrons. The fraction of sp³-hybridized carbons (Fsp3) is 0.522. The zero-order valence-electron chi connectivity index (χ0n) is 18.8. The van der Waals surface area contributed by atoms with Gasteiger partial charge in [-0.3, -0.25) is 19.2 Å². The molecule has 8 heteroatoms. The molecule has 8 nitrogen and oxygen atoms in total. The lowest BCUT2D eigenvalue weighted by molar-refractivity contribution is 0.0757. The molecule has 0 saturated heterocycles. The number of benzene rings is 1. The Hall–Kier alpha value is -2.71. The number of imidazole rings is 1. The van der Waals surface area contributed by atoms with E-state index in [4.69, 9.17) is 4.98 Å². The quantitative estimate of drug-likeness (QED) is 0.517. The van der Waals surface area contributed by atoms with Gasteiger partial charge in [0.05, 0.1) is 13.2 Å². The minimum Gasteiger partial charge on any atom is -0.395 e. The molecule has 0 aliphatic rings. The fourth-order valence-electron chi connectivity index (χ4n) is 3.99. The Morgan fingerprint density at radius 2 is 1.87 bits per heavy atom. The molecule has 0 saturated carbocycles. The first-order chi connectivity index (χ1) is 14.9. The summed E-state index contributed by atoms with van der Waals surface area (Å²) in [5.74, 6) is 0.918. The molecule has 0 bridgehead atoms. The van der Waals surface area contributed by atoms with Crippen LogP contribution in [0, 0.1) is 5.92 Å². The monoisotopic (exact) mass is 427 g/mol. The Morgan fingerprint density at radius 1 is 1.16 bits per heavy atom. The van der Waals surface area contributed by atoms with Crippen LogP contribution in [-0.2, 0) is 26.7 Å². The second-order valence-electron chi connectivity index (χ2n) is 8.41. The van der Waals surface area contributed by atoms with Crippen molar-refractivity contribution in [3.05, 3.63) is 62.6 Å². The molecule has 0 fully saturated rings. The number of aromatic nitrogens is 4. The zero-order chi connectivity index (χ0) is 22.5. The van der Waals surface area contributed by atoms with Crippen molar-refractivity contribution in [2.45, 2.75) is 59.3 Å². The number of nitrogens with zero attached hydrogens (tertiary/aromatic N) is 4. The number of hydrogen-bond acceptors (Lipinski definition) is 5. The SMILES string of the molecule is CCCCn1c(=O)[nH]c(=O)c2c1nc(CN(Cc1ccccc1)C(CO)C(C)C)n2C. The van der Waals surface area contributed by atoms with Gasteiger partial charge in [0, 0.05) is 26.2 Å². The van der Waals surface area contributed by atoms with Crippen LogP contribution in [0.4, 0.5) is 0 Å². The van der Waals surface area contributed by atoms with Gasteiger partial charge in [-0.25, -0.2) is 9.78 Å². The van der Waals surface area contributed by atoms with Crippen LogP contribution < -0.4 is 11.2 Å². The molecule has 0 radical (unpaired) electrons. The molecule has 31 heavy (non-hydrogen) atoms. The average molecular weight is 428 g/mol. The lowest BCUT2D eigenvalue weighted by Gasteiger charge is -2.33. The summed E-state index contributed by atoms with van der Waals surface area (Å²) in [4.78, 5) is 34.3. The number of aliphatic hydroxyl groups is 1. The van der Waals surface area contributed by atoms with E-state index in [0.717, 1.165) is 18.4 Å². The van der Waals surface area contributed by atoms with Gasteiger partial charge in [-0.2, -0.15) is 0 Å². The van der Waals surface area contributed by atoms with E-state index < -0.39 is 11.2 Å². The first-order valence-corrected chi connectivity index (χ1v) is 10.9. The van der Waals surface area contributed by atoms with Crippen molar-refractivity contribution in [2.75, 3.05) is 6.61 Å². The Bertz CT molecular complexity index is 1110. The van der Waals surface area contributed by atoms with E-state index in [1.54, 1.807) is 16.2 Å². The zero-order valence-corrected chi connectivity index (χ0v) is 18.8. The van der Waals surface area contributed by atoms with Crippen molar-refractivity contribution in [3.63, 3.8) is 0 Å². The molecule has 1 aromatic carbocycles. The molecule has 2 aromatic heterocycles. The number of aromatic amines is 1. The average Bonchev–Trinajstić information content (AvgIpc) is 3.05. The van der Waals surface area contributed by atoms with Crippen LogP contribution in [-0.4, -0.2) is 41.8 Å². The van der Waals surface area contributed by atoms with Crippen LogP contribution >= 0.6 is 0 Å². The lowest BCUT2D eigenvalue weighted by atomic mass is 10.0. The van der Waals surface area contributed by atoms with E-state index in [1.807, 2.05) is 18.2 Å². The third-order valence-corrected chi connectivity index (χ3v) is 5.84. The fourth-order valence-corrected chi connectivity index (χ4v) is 3.99. The highest BCUT2D eigenvalue weighted by molar-refractivity contribution is 5.70. The van der Waals surface area contributed by atoms with E-state index in [0.29, 0.717) is 36.6 Å². The van der Waals surface area contributed by atoms with E-state index in [9.17, 15) is 14.7 Å². The van der Waals surface area contributed by atoms with E-state index >= 15 is 0 Å². The number of hydrogen-bond donors (Lipinski definition) is 2. The highest BCUT2D eigenvalue weighted by Gasteiger charge is 2.25. The number of aliphatic hydroxyl groups excluding tert-OH is 1. The van der Waals surface area contributed by atoms with Gasteiger partial charge in [0.2, 0.25) is 0 Å². The largest absolute Gasteiger partial charge is 0.395 e. The first-order valence-electron chi connectivity index (χ1n) is 10.9. The van der Waals surface area contributed by atoms with Gasteiger partial charge in [-0.15, -0.1) is 0 Å². The molecule has 2 N–H and O–H groups in total. The molecule has 3 aromatic rings. The molecular weight excluding hydrogens is 394 g/mol. The summed E-state index contributed by atoms with van der Waals surface area (Å²) in [6.07, 6.45) is 1.76. The van der Waals surface area contributed by atoms with E-state index in [2.05, 4.69) is 42.8 Å². The summed E-state index contributed by atoms with van der Waals surface area (Å²) in [5.41, 5.74) is 1.11. The van der Waals surface area contributed by atoms with Gasteiger partial charge in [0.25, 0.3) is 5.56 Å². The van der Waals surface area contributed by atoms with Gasteiger partial charge < -0.3 is 9.67 Å². The second-order valence-corrected chi connectivity index (χ2v) is 8.41. The highest BCUT2D eigenvalue weighted by Crippen LogP contribution is 2.19. The summed E-state index contributed by atoms with van der Waals surface area (Å²) in [6.45, 7) is 7.85. The summed E-state index contributed by atoms with van der Waals surface area (Å²) >= 11 is 0. The Labute approximate surface area is 182 Å². The van der Waals surface area contributed by atoms with Gasteiger partial charge >= 0.3 is 5.69 Å². The summed E-state index contributed by atoms with van der Waals surface area (Å²) < 4.78 is 3.32. The van der Waals surface area contributed by atoms with Crippen LogP contribution in [0.1, 0.15) is 45.0 Å². The lowest BCUT2D eigenvalue weighted by Crippen LogP contribution is -2.41. The van der Waals surface area contributed by atoms with Crippen molar-refractivity contribution >= 4 is 11.2 Å². The molecule has 1 atom stereocenters. The summed E-state index contributed by atoms with van der Waals surface area (Å²) in [5, 5.41) is 10.1. The van der Waals surface area contributed by atoms with Crippen molar-refractivity contribution in [3.8, 4) is 0 Å². The van der Waals surface area contributed by atoms with Crippen LogP contribution in [0.2, 0.25) is 0 Å². The van der Waals surface area contributed by atoms with Crippen molar-refractivity contribution in [2.24, 2.45) is 13.0 Å². The van der Waals surface area contributed by atoms with E-state index in [1.165, 1.54) is 0 Å². The topological polar surface area (TPSA) is 96.2 Å². The van der Waals surface area contributed by atoms with Crippen molar-refractivity contribution in [1.29, 1.82) is 0 Å². The number of aryl methyl sites for hydroxylation is 2. The minimum absolute atomic E-state index is 0.0240. The summed E-state index contributed by atoms with van der Waals surface area (Å²) in [6, 6.07) is 10.0. The molecule has 2 heterocycles. The number of H-pyrrole nitrogens is 1. The molecule has 3 rings (SSSR count). The molecular formula is C23H33N5O3. The number of unbranched alkanes of at least 4 members (excludes halogenated alkanes) is 1. The van der Waals surface area contributed by atoms with Crippen LogP contribution in [0.3, 0.4) is 0 Å². The molecule has 0 aliphatic heterocycles. The van der Waals surface area contributed by atoms with Crippen molar-refractivity contribution < 1.29 is 5.11 Å². The van der Waals surface area contributed by atoms with Crippen LogP contribution in [0.15, 0.2) is 39.9 Å². The maximum absolute atomic E-state index is 12.6. The Morgan fingerprint density at radius 3 is 2.48 bits per heavy atom. The standard InChI is InChI=1S/C23H33N5O3/c1-5-6-12-28-21-20(22(30)25-23(28)31)26(4)19(24-21)14-27(18(15-29)16(2)3)13-17-10-8-7-9-11-17/h7-11,16,18,29H,5-6,12-15H2,1-4H3,(H,25,30,31). The van der Waals surface area contributed by atoms with Crippen LogP contribution in [0.25, 0.3) is 11.2 Å². The number of fused-ring (bicyclic) bond motifs is 1. The predicted molar refractivity (Wildman–Crippen MR) is 122 cm³/mol. The molecule has 1 unspecified atom stereocenters. The third-order valence-electron chi connectivity index (χ3n) is 5.84. The smallest absolute Gasteiger partial charge is 0.330 e. The normalized spacial score (nSPS) is 12.9. The highest BCUT2D eigenvalue weighted by atomic mass is 16.3. The predicted octanol–water partition coefficient (Wildman–Crippen LogP) is 2.24. The Kier molecular flexibility index (Phi) is 7.46. The van der Waals surface area contributed by atoms with Gasteiger partial charge in [0.1, 0.15) is 5.82 Å². The molecule has 0 aliphatic carbocycles. The maximum Gasteiger partial charge on any atom is 0.330 e. The van der Waals surface area contributed by atoms with E-state index in [-0.39, 0.29) is 18.6 Å². The third kappa shape index (κ3) is 4.97. The van der Waals surface area contributed by atoms with Gasteiger partial charge in [-0.1, -0.05) is 57.5 Å². The molecule has 0 spiro atoms. The van der Waals surface area contributed by atoms with Crippen LogP contribution in [0.5, 0.6) is 0 Å². The maximum atomic E-state index is 12.6. The second kappa shape index (κ2) is 10.1. The number of rotatable bonds is 10. The van der Waals surface area contributed by atoms with Crippen molar-refractivity contribution in [1.82, 2.24) is 24.0 Å².